The zero-order valence-corrected chi connectivity index (χ0v) is 12.2. The second-order valence-corrected chi connectivity index (χ2v) is 5.21. The number of hydrogen-bond donors (Lipinski definition) is 1. The van der Waals surface area contributed by atoms with Gasteiger partial charge in [0.25, 0.3) is 0 Å². The molecule has 1 amide bonds. The van der Waals surface area contributed by atoms with Crippen LogP contribution in [0, 0.1) is 5.92 Å². The zero-order chi connectivity index (χ0) is 16.6. The van der Waals surface area contributed by atoms with Gasteiger partial charge in [-0.2, -0.15) is 13.2 Å². The minimum absolute atomic E-state index is 0.286. The van der Waals surface area contributed by atoms with Crippen LogP contribution in [0.5, 0.6) is 0 Å². The van der Waals surface area contributed by atoms with Crippen molar-refractivity contribution in [3.63, 3.8) is 0 Å². The molecule has 124 valence electrons. The predicted octanol–water partition coefficient (Wildman–Crippen LogP) is 0.356. The third-order valence-electron chi connectivity index (χ3n) is 3.60. The molecule has 3 heterocycles. The molecule has 0 aromatic carbocycles. The van der Waals surface area contributed by atoms with Crippen LogP contribution in [0.15, 0.2) is 6.33 Å². The number of aryl methyl sites for hydroxylation is 1. The number of amides is 1. The van der Waals surface area contributed by atoms with Crippen LogP contribution in [0.3, 0.4) is 0 Å². The summed E-state index contributed by atoms with van der Waals surface area (Å²) in [5.41, 5.74) is 1.10. The molecule has 8 nitrogen and oxygen atoms in total. The monoisotopic (exact) mass is 329 g/mol. The van der Waals surface area contributed by atoms with E-state index in [1.165, 1.54) is 6.33 Å². The summed E-state index contributed by atoms with van der Waals surface area (Å²) in [5.74, 6) is -0.570. The smallest absolute Gasteiger partial charge is 0.353 e. The Kier molecular flexibility index (Phi) is 3.78. The molecule has 0 saturated carbocycles. The number of carbonyl (C=O) groups excluding carboxylic acids is 1. The molecule has 1 aliphatic rings. The lowest BCUT2D eigenvalue weighted by atomic mass is 9.99. The van der Waals surface area contributed by atoms with Gasteiger partial charge in [-0.3, -0.25) is 4.79 Å². The Morgan fingerprint density at radius 2 is 2.13 bits per heavy atom. The van der Waals surface area contributed by atoms with Crippen LogP contribution in [0.25, 0.3) is 11.2 Å². The molecule has 11 heteroatoms. The number of nitrogens with zero attached hydrogens (tertiary/aromatic N) is 6. The van der Waals surface area contributed by atoms with E-state index in [-0.39, 0.29) is 13.1 Å². The first-order chi connectivity index (χ1) is 10.9. The topological polar surface area (TPSA) is 88.8 Å². The maximum absolute atomic E-state index is 12.1. The van der Waals surface area contributed by atoms with E-state index >= 15 is 0 Å². The van der Waals surface area contributed by atoms with Gasteiger partial charge in [-0.1, -0.05) is 5.21 Å². The van der Waals surface area contributed by atoms with E-state index in [2.05, 4.69) is 20.3 Å². The predicted molar refractivity (Wildman–Crippen MR) is 73.6 cm³/mol. The van der Waals surface area contributed by atoms with Crippen LogP contribution in [-0.2, 0) is 11.3 Å². The van der Waals surface area contributed by atoms with Gasteiger partial charge < -0.3 is 10.2 Å². The summed E-state index contributed by atoms with van der Waals surface area (Å²) < 4.78 is 37.9. The van der Waals surface area contributed by atoms with Gasteiger partial charge >= 0.3 is 6.18 Å². The third-order valence-corrected chi connectivity index (χ3v) is 3.60. The lowest BCUT2D eigenvalue weighted by molar-refractivity contribution is -0.141. The van der Waals surface area contributed by atoms with Gasteiger partial charge in [0.2, 0.25) is 5.91 Å². The largest absolute Gasteiger partial charge is 0.405 e. The number of halogens is 3. The summed E-state index contributed by atoms with van der Waals surface area (Å²) in [6.07, 6.45) is -3.03. The Labute approximate surface area is 128 Å². The quantitative estimate of drug-likeness (QED) is 0.871. The third kappa shape index (κ3) is 3.03. The number of alkyl halides is 3. The molecule has 0 unspecified atom stereocenters. The van der Waals surface area contributed by atoms with E-state index in [0.717, 1.165) is 0 Å². The maximum atomic E-state index is 12.1. The molecule has 2 aromatic heterocycles. The van der Waals surface area contributed by atoms with E-state index in [1.54, 1.807) is 9.58 Å². The fourth-order valence-electron chi connectivity index (χ4n) is 2.37. The van der Waals surface area contributed by atoms with E-state index in [4.69, 9.17) is 0 Å². The highest BCUT2D eigenvalue weighted by atomic mass is 19.4. The molecule has 2 aromatic rings. The second-order valence-electron chi connectivity index (χ2n) is 5.21. The van der Waals surface area contributed by atoms with Gasteiger partial charge in [0, 0.05) is 19.6 Å². The highest BCUT2D eigenvalue weighted by molar-refractivity contribution is 5.86. The van der Waals surface area contributed by atoms with E-state index in [9.17, 15) is 18.0 Å². The summed E-state index contributed by atoms with van der Waals surface area (Å²) in [4.78, 5) is 21.7. The Morgan fingerprint density at radius 1 is 1.39 bits per heavy atom. The minimum Gasteiger partial charge on any atom is -0.353 e. The molecule has 23 heavy (non-hydrogen) atoms. The normalized spacial score (nSPS) is 15.7. The number of fused-ring (bicyclic) bond motifs is 1. The minimum atomic E-state index is -4.41. The molecule has 0 spiro atoms. The molecule has 1 N–H and O–H groups in total. The van der Waals surface area contributed by atoms with Crippen LogP contribution in [0.2, 0.25) is 0 Å². The van der Waals surface area contributed by atoms with Gasteiger partial charge in [0.15, 0.2) is 17.0 Å². The van der Waals surface area contributed by atoms with Gasteiger partial charge in [0.05, 0.1) is 5.92 Å². The van der Waals surface area contributed by atoms with Gasteiger partial charge in [-0.15, -0.1) is 5.10 Å². The van der Waals surface area contributed by atoms with Crippen molar-refractivity contribution in [3.05, 3.63) is 6.33 Å². The Morgan fingerprint density at radius 3 is 2.78 bits per heavy atom. The van der Waals surface area contributed by atoms with Crippen molar-refractivity contribution in [2.24, 2.45) is 5.92 Å². The molecule has 3 rings (SSSR count). The van der Waals surface area contributed by atoms with Crippen LogP contribution in [0.4, 0.5) is 19.0 Å². The van der Waals surface area contributed by atoms with E-state index < -0.39 is 24.5 Å². The first-order valence-electron chi connectivity index (χ1n) is 7.02. The average Bonchev–Trinajstić information content (AvgIpc) is 2.86. The SMILES string of the molecule is CCn1nnc2c(N3CC(C(=O)NCC(F)(F)F)C3)ncnc21. The molecular formula is C12H14F3N7O. The molecule has 1 aliphatic heterocycles. The lowest BCUT2D eigenvalue weighted by Crippen LogP contribution is -2.55. The first-order valence-corrected chi connectivity index (χ1v) is 7.02. The number of hydrogen-bond acceptors (Lipinski definition) is 6. The first kappa shape index (κ1) is 15.4. The highest BCUT2D eigenvalue weighted by Crippen LogP contribution is 2.27. The standard InChI is InChI=1S/C12H14F3N7O/c1-2-22-10-8(19-20-22)9(17-6-18-10)21-3-7(4-21)11(23)16-5-12(13,14)15/h6-7H,2-5H2,1H3,(H,16,23). The van der Waals surface area contributed by atoms with Crippen LogP contribution in [0.1, 0.15) is 6.92 Å². The number of anilines is 1. The molecule has 0 radical (unpaired) electrons. The van der Waals surface area contributed by atoms with Crippen molar-refractivity contribution in [2.45, 2.75) is 19.6 Å². The number of aromatic nitrogens is 5. The molecule has 0 aliphatic carbocycles. The average molecular weight is 329 g/mol. The Hall–Kier alpha value is -2.46. The van der Waals surface area contributed by atoms with Crippen molar-refractivity contribution < 1.29 is 18.0 Å². The number of rotatable bonds is 4. The van der Waals surface area contributed by atoms with E-state index in [1.807, 2.05) is 12.2 Å². The number of nitrogens with one attached hydrogen (secondary N) is 1. The van der Waals surface area contributed by atoms with Crippen LogP contribution in [-0.4, -0.2) is 56.7 Å². The fourth-order valence-corrected chi connectivity index (χ4v) is 2.37. The van der Waals surface area contributed by atoms with Crippen LogP contribution < -0.4 is 10.2 Å². The van der Waals surface area contributed by atoms with E-state index in [0.29, 0.717) is 23.5 Å². The fraction of sp³-hybridized carbons (Fsp3) is 0.583. The molecule has 1 fully saturated rings. The lowest BCUT2D eigenvalue weighted by Gasteiger charge is -2.38. The molecular weight excluding hydrogens is 315 g/mol. The molecule has 0 bridgehead atoms. The van der Waals surface area contributed by atoms with Gasteiger partial charge in [-0.05, 0) is 6.92 Å². The number of carbonyl (C=O) groups is 1. The van der Waals surface area contributed by atoms with Crippen molar-refractivity contribution in [2.75, 3.05) is 24.5 Å². The molecule has 0 atom stereocenters. The summed E-state index contributed by atoms with van der Waals surface area (Å²) in [5, 5.41) is 9.88. The van der Waals surface area contributed by atoms with Crippen LogP contribution >= 0.6 is 0 Å². The summed E-state index contributed by atoms with van der Waals surface area (Å²) in [7, 11) is 0. The maximum Gasteiger partial charge on any atom is 0.405 e. The Bertz CT molecular complexity index is 723. The van der Waals surface area contributed by atoms with Gasteiger partial charge in [0.1, 0.15) is 12.9 Å². The van der Waals surface area contributed by atoms with Crippen molar-refractivity contribution >= 4 is 22.9 Å². The zero-order valence-electron chi connectivity index (χ0n) is 12.2. The summed E-state index contributed by atoms with van der Waals surface area (Å²) in [6, 6.07) is 0. The molecule has 1 saturated heterocycles. The van der Waals surface area contributed by atoms with Crippen molar-refractivity contribution in [1.29, 1.82) is 0 Å². The van der Waals surface area contributed by atoms with Crippen molar-refractivity contribution in [3.8, 4) is 0 Å². The second kappa shape index (κ2) is 5.63. The highest BCUT2D eigenvalue weighted by Gasteiger charge is 2.37. The Balaban J connectivity index is 1.66. The van der Waals surface area contributed by atoms with Crippen molar-refractivity contribution in [1.82, 2.24) is 30.3 Å². The summed E-state index contributed by atoms with van der Waals surface area (Å²) in [6.45, 7) is 1.77. The summed E-state index contributed by atoms with van der Waals surface area (Å²) >= 11 is 0. The van der Waals surface area contributed by atoms with Gasteiger partial charge in [-0.25, -0.2) is 14.6 Å².